The van der Waals surface area contributed by atoms with E-state index in [1.54, 1.807) is 18.2 Å². The molecule has 1 atom stereocenters. The summed E-state index contributed by atoms with van der Waals surface area (Å²) in [6.45, 7) is 0. The first-order chi connectivity index (χ1) is 10.1. The maximum Gasteiger partial charge on any atom is 0.213 e. The lowest BCUT2D eigenvalue weighted by atomic mass is 9.97. The van der Waals surface area contributed by atoms with Crippen molar-refractivity contribution in [2.75, 3.05) is 0 Å². The van der Waals surface area contributed by atoms with E-state index < -0.39 is 6.10 Å². The van der Waals surface area contributed by atoms with Crippen molar-refractivity contribution in [1.29, 1.82) is 0 Å². The van der Waals surface area contributed by atoms with Gasteiger partial charge in [-0.1, -0.05) is 59.6 Å². The minimum absolute atomic E-state index is 0.104. The van der Waals surface area contributed by atoms with Crippen LogP contribution in [0.15, 0.2) is 54.4 Å². The van der Waals surface area contributed by atoms with Crippen LogP contribution >= 0.6 is 23.2 Å². The minimum Gasteiger partial charge on any atom is -0.462 e. The Hall–Kier alpha value is -1.97. The highest BCUT2D eigenvalue weighted by Crippen LogP contribution is 2.37. The van der Waals surface area contributed by atoms with Crippen LogP contribution in [0.3, 0.4) is 0 Å². The van der Waals surface area contributed by atoms with Crippen molar-refractivity contribution in [2.45, 2.75) is 6.10 Å². The van der Waals surface area contributed by atoms with Crippen molar-refractivity contribution < 1.29 is 9.53 Å². The van der Waals surface area contributed by atoms with E-state index in [1.165, 1.54) is 0 Å². The zero-order valence-electron chi connectivity index (χ0n) is 10.8. The van der Waals surface area contributed by atoms with Crippen molar-refractivity contribution in [1.82, 2.24) is 0 Å². The molecule has 1 heterocycles. The van der Waals surface area contributed by atoms with Crippen LogP contribution in [0, 0.1) is 0 Å². The van der Waals surface area contributed by atoms with Crippen LogP contribution in [-0.4, -0.2) is 5.78 Å². The number of hydrogen-bond acceptors (Lipinski definition) is 3. The summed E-state index contributed by atoms with van der Waals surface area (Å²) in [5, 5.41) is 0.788. The molecule has 2 aromatic rings. The second-order valence-corrected chi connectivity index (χ2v) is 5.46. The van der Waals surface area contributed by atoms with Crippen LogP contribution in [0.25, 0.3) is 5.57 Å². The summed E-state index contributed by atoms with van der Waals surface area (Å²) >= 11 is 11.9. The Morgan fingerprint density at radius 1 is 1.00 bits per heavy atom. The second kappa shape index (κ2) is 5.43. The molecule has 1 aliphatic heterocycles. The molecule has 3 rings (SSSR count). The lowest BCUT2D eigenvalue weighted by Gasteiger charge is -2.09. The fraction of sp³-hybridized carbons (Fsp3) is 0.0625. The van der Waals surface area contributed by atoms with Crippen molar-refractivity contribution in [3.05, 3.63) is 75.6 Å². The molecule has 5 heteroatoms. The van der Waals surface area contributed by atoms with Crippen LogP contribution in [-0.2, 0) is 9.53 Å². The first-order valence-electron chi connectivity index (χ1n) is 6.29. The summed E-state index contributed by atoms with van der Waals surface area (Å²) in [7, 11) is 0. The van der Waals surface area contributed by atoms with Crippen LogP contribution < -0.4 is 5.73 Å². The normalized spacial score (nSPS) is 18.0. The van der Waals surface area contributed by atoms with E-state index in [0.717, 1.165) is 5.56 Å². The van der Waals surface area contributed by atoms with E-state index >= 15 is 0 Å². The van der Waals surface area contributed by atoms with Gasteiger partial charge in [0.05, 0.1) is 15.6 Å². The van der Waals surface area contributed by atoms with Gasteiger partial charge in [-0.2, -0.15) is 0 Å². The van der Waals surface area contributed by atoms with E-state index in [1.807, 2.05) is 30.3 Å². The molecule has 2 N–H and O–H groups in total. The third kappa shape index (κ3) is 2.50. The highest BCUT2D eigenvalue weighted by atomic mass is 35.5. The monoisotopic (exact) mass is 319 g/mol. The van der Waals surface area contributed by atoms with Gasteiger partial charge in [0.2, 0.25) is 5.78 Å². The van der Waals surface area contributed by atoms with Gasteiger partial charge in [0.1, 0.15) is 0 Å². The highest BCUT2D eigenvalue weighted by molar-refractivity contribution is 6.42. The first-order valence-corrected chi connectivity index (χ1v) is 7.04. The summed E-state index contributed by atoms with van der Waals surface area (Å²) in [6, 6.07) is 14.2. The van der Waals surface area contributed by atoms with E-state index in [-0.39, 0.29) is 11.7 Å². The Labute approximate surface area is 131 Å². The molecule has 0 fully saturated rings. The smallest absolute Gasteiger partial charge is 0.213 e. The van der Waals surface area contributed by atoms with Crippen molar-refractivity contribution >= 4 is 34.6 Å². The van der Waals surface area contributed by atoms with Gasteiger partial charge in [-0.3, -0.25) is 4.79 Å². The third-order valence-electron chi connectivity index (χ3n) is 3.29. The second-order valence-electron chi connectivity index (χ2n) is 4.64. The van der Waals surface area contributed by atoms with E-state index in [2.05, 4.69) is 0 Å². The molecule has 0 amide bonds. The van der Waals surface area contributed by atoms with Crippen LogP contribution in [0.1, 0.15) is 17.2 Å². The van der Waals surface area contributed by atoms with Gasteiger partial charge >= 0.3 is 0 Å². The van der Waals surface area contributed by atoms with Gasteiger partial charge in [0, 0.05) is 5.56 Å². The van der Waals surface area contributed by atoms with Crippen molar-refractivity contribution in [3.8, 4) is 0 Å². The molecule has 1 unspecified atom stereocenters. The fourth-order valence-corrected chi connectivity index (χ4v) is 2.57. The standard InChI is InChI=1S/C16H11Cl2NO2/c17-11-7-6-10(8-12(11)18)13-14(20)15(21-16(13)19)9-4-2-1-3-5-9/h1-8,15H,19H2. The number of rotatable bonds is 2. The van der Waals surface area contributed by atoms with E-state index in [9.17, 15) is 4.79 Å². The summed E-state index contributed by atoms with van der Waals surface area (Å²) in [5.41, 5.74) is 7.58. The summed E-state index contributed by atoms with van der Waals surface area (Å²) < 4.78 is 5.53. The van der Waals surface area contributed by atoms with Gasteiger partial charge in [-0.15, -0.1) is 0 Å². The maximum absolute atomic E-state index is 12.6. The number of hydrogen-bond donors (Lipinski definition) is 1. The van der Waals surface area contributed by atoms with Gasteiger partial charge in [0.15, 0.2) is 12.0 Å². The third-order valence-corrected chi connectivity index (χ3v) is 4.03. The van der Waals surface area contributed by atoms with Gasteiger partial charge in [0.25, 0.3) is 0 Å². The lowest BCUT2D eigenvalue weighted by Crippen LogP contribution is -2.09. The SMILES string of the molecule is NC1=C(c2ccc(Cl)c(Cl)c2)C(=O)C(c2ccccc2)O1. The molecule has 2 aromatic carbocycles. The van der Waals surface area contributed by atoms with E-state index in [4.69, 9.17) is 33.7 Å². The summed E-state index contributed by atoms with van der Waals surface area (Å²) in [6.07, 6.45) is -0.712. The molecule has 0 aromatic heterocycles. The molecular weight excluding hydrogens is 309 g/mol. The number of ketones is 1. The van der Waals surface area contributed by atoms with Crippen LogP contribution in [0.4, 0.5) is 0 Å². The van der Waals surface area contributed by atoms with Crippen LogP contribution in [0.5, 0.6) is 0 Å². The molecule has 0 aliphatic carbocycles. The minimum atomic E-state index is -0.712. The molecule has 0 saturated carbocycles. The highest BCUT2D eigenvalue weighted by Gasteiger charge is 2.35. The Balaban J connectivity index is 1.98. The van der Waals surface area contributed by atoms with Gasteiger partial charge in [-0.05, 0) is 17.7 Å². The lowest BCUT2D eigenvalue weighted by molar-refractivity contribution is -0.120. The Bertz CT molecular complexity index is 741. The Morgan fingerprint density at radius 2 is 1.71 bits per heavy atom. The molecule has 0 spiro atoms. The predicted molar refractivity (Wildman–Crippen MR) is 82.8 cm³/mol. The number of nitrogens with two attached hydrogens (primary N) is 1. The zero-order chi connectivity index (χ0) is 15.0. The summed E-state index contributed by atoms with van der Waals surface area (Å²) in [5.74, 6) is -0.0793. The number of carbonyl (C=O) groups excluding carboxylic acids is 1. The van der Waals surface area contributed by atoms with Crippen molar-refractivity contribution in [2.24, 2.45) is 5.73 Å². The first kappa shape index (κ1) is 14.0. The fourth-order valence-electron chi connectivity index (χ4n) is 2.28. The average molecular weight is 320 g/mol. The molecule has 0 saturated heterocycles. The Kier molecular flexibility index (Phi) is 3.62. The molecule has 0 radical (unpaired) electrons. The quantitative estimate of drug-likeness (QED) is 0.911. The average Bonchev–Trinajstić information content (AvgIpc) is 2.78. The van der Waals surface area contributed by atoms with Gasteiger partial charge < -0.3 is 10.5 Å². The van der Waals surface area contributed by atoms with E-state index in [0.29, 0.717) is 21.2 Å². The molecular formula is C16H11Cl2NO2. The molecule has 106 valence electrons. The number of carbonyl (C=O) groups is 1. The Morgan fingerprint density at radius 3 is 2.38 bits per heavy atom. The largest absolute Gasteiger partial charge is 0.462 e. The molecule has 3 nitrogen and oxygen atoms in total. The number of benzene rings is 2. The molecule has 21 heavy (non-hydrogen) atoms. The molecule has 0 bridgehead atoms. The number of ether oxygens (including phenoxy) is 1. The number of halogens is 2. The van der Waals surface area contributed by atoms with Crippen molar-refractivity contribution in [3.63, 3.8) is 0 Å². The zero-order valence-corrected chi connectivity index (χ0v) is 12.4. The molecule has 1 aliphatic rings. The maximum atomic E-state index is 12.6. The van der Waals surface area contributed by atoms with Crippen LogP contribution in [0.2, 0.25) is 10.0 Å². The summed E-state index contributed by atoms with van der Waals surface area (Å²) in [4.78, 5) is 12.6. The predicted octanol–water partition coefficient (Wildman–Crippen LogP) is 3.96. The number of Topliss-reactive ketones (excluding diaryl/α,β-unsaturated/α-hetero) is 1. The topological polar surface area (TPSA) is 52.3 Å². The van der Waals surface area contributed by atoms with Gasteiger partial charge in [-0.25, -0.2) is 0 Å².